The van der Waals surface area contributed by atoms with Gasteiger partial charge in [-0.15, -0.1) is 0 Å². The topological polar surface area (TPSA) is 23.8 Å². The highest BCUT2D eigenvalue weighted by molar-refractivity contribution is 6.90. The summed E-state index contributed by atoms with van der Waals surface area (Å²) < 4.78 is 0. The molecule has 0 spiro atoms. The Morgan fingerprint density at radius 1 is 1.00 bits per heavy atom. The average molecular weight is 223 g/mol. The van der Waals surface area contributed by atoms with E-state index in [0.717, 1.165) is 5.20 Å². The van der Waals surface area contributed by atoms with Gasteiger partial charge in [-0.3, -0.25) is 0 Å². The molecule has 0 unspecified atom stereocenters. The molecule has 0 aromatic carbocycles. The Labute approximate surface area is 96.2 Å². The minimum atomic E-state index is -1.66. The van der Waals surface area contributed by atoms with E-state index in [9.17, 15) is 5.26 Å². The van der Waals surface area contributed by atoms with Crippen molar-refractivity contribution in [2.45, 2.75) is 65.1 Å². The minimum Gasteiger partial charge on any atom is -0.193 e. The normalized spacial score (nSPS) is 13.8. The second-order valence-corrected chi connectivity index (χ2v) is 11.1. The lowest BCUT2D eigenvalue weighted by atomic mass is 10.5. The molecule has 0 atom stereocenters. The molecular formula is C13H25NSi. The number of nitriles is 1. The van der Waals surface area contributed by atoms with Gasteiger partial charge in [-0.25, -0.2) is 0 Å². The van der Waals surface area contributed by atoms with Gasteiger partial charge in [-0.05, 0) is 23.5 Å². The Morgan fingerprint density at radius 2 is 1.33 bits per heavy atom. The molecule has 2 heteroatoms. The molecule has 0 aliphatic carbocycles. The van der Waals surface area contributed by atoms with E-state index in [4.69, 9.17) is 0 Å². The van der Waals surface area contributed by atoms with E-state index in [0.29, 0.717) is 16.6 Å². The molecule has 0 bridgehead atoms. The lowest BCUT2D eigenvalue weighted by Crippen LogP contribution is -2.46. The molecule has 0 aliphatic heterocycles. The molecule has 0 fully saturated rings. The Balaban J connectivity index is 5.65. The number of nitrogens with zero attached hydrogens (tertiary/aromatic N) is 1. The molecule has 86 valence electrons. The standard InChI is InChI=1S/C13H25NSi/c1-8-13(9-14)15(10(2)3,11(4)5)12(6)7/h8,10-12H,1-7H3/b13-8+. The van der Waals surface area contributed by atoms with Gasteiger partial charge < -0.3 is 0 Å². The van der Waals surface area contributed by atoms with E-state index >= 15 is 0 Å². The average Bonchev–Trinajstić information content (AvgIpc) is 2.11. The van der Waals surface area contributed by atoms with Gasteiger partial charge in [-0.1, -0.05) is 47.6 Å². The Morgan fingerprint density at radius 3 is 1.40 bits per heavy atom. The van der Waals surface area contributed by atoms with E-state index in [1.54, 1.807) is 0 Å². The summed E-state index contributed by atoms with van der Waals surface area (Å²) in [6.45, 7) is 15.7. The van der Waals surface area contributed by atoms with Crippen LogP contribution in [0.3, 0.4) is 0 Å². The van der Waals surface area contributed by atoms with Crippen molar-refractivity contribution in [2.75, 3.05) is 0 Å². The number of rotatable bonds is 4. The SMILES string of the molecule is C/C=C(\C#N)[Si](C(C)C)(C(C)C)C(C)C. The van der Waals surface area contributed by atoms with Crippen LogP contribution in [-0.2, 0) is 0 Å². The lowest BCUT2D eigenvalue weighted by molar-refractivity contribution is 0.827. The number of allylic oxidation sites excluding steroid dienone is 2. The molecule has 15 heavy (non-hydrogen) atoms. The van der Waals surface area contributed by atoms with Gasteiger partial charge in [0.25, 0.3) is 0 Å². The van der Waals surface area contributed by atoms with Crippen LogP contribution in [0.15, 0.2) is 11.3 Å². The summed E-state index contributed by atoms with van der Waals surface area (Å²) >= 11 is 0. The lowest BCUT2D eigenvalue weighted by Gasteiger charge is -2.42. The van der Waals surface area contributed by atoms with Gasteiger partial charge in [0.1, 0.15) is 8.07 Å². The first-order valence-electron chi connectivity index (χ1n) is 5.92. The Kier molecular flexibility index (Phi) is 5.31. The molecule has 0 N–H and O–H groups in total. The van der Waals surface area contributed by atoms with Crippen molar-refractivity contribution in [3.63, 3.8) is 0 Å². The van der Waals surface area contributed by atoms with Crippen LogP contribution in [0.5, 0.6) is 0 Å². The minimum absolute atomic E-state index is 0.628. The highest BCUT2D eigenvalue weighted by Gasteiger charge is 2.45. The first-order valence-corrected chi connectivity index (χ1v) is 8.15. The molecule has 0 aliphatic rings. The summed E-state index contributed by atoms with van der Waals surface area (Å²) in [6.07, 6.45) is 2.05. The summed E-state index contributed by atoms with van der Waals surface area (Å²) in [6, 6.07) is 2.46. The summed E-state index contributed by atoms with van der Waals surface area (Å²) in [5.74, 6) is 0. The molecule has 0 heterocycles. The van der Waals surface area contributed by atoms with Crippen LogP contribution >= 0.6 is 0 Å². The van der Waals surface area contributed by atoms with Gasteiger partial charge in [-0.2, -0.15) is 5.26 Å². The summed E-state index contributed by atoms with van der Waals surface area (Å²) in [5, 5.41) is 10.4. The van der Waals surface area contributed by atoms with E-state index in [1.807, 2.05) is 13.0 Å². The first-order chi connectivity index (χ1) is 6.85. The fraction of sp³-hybridized carbons (Fsp3) is 0.769. The van der Waals surface area contributed by atoms with Crippen LogP contribution < -0.4 is 0 Å². The monoisotopic (exact) mass is 223 g/mol. The molecule has 0 saturated heterocycles. The van der Waals surface area contributed by atoms with Gasteiger partial charge in [0, 0.05) is 5.20 Å². The van der Waals surface area contributed by atoms with Crippen molar-refractivity contribution >= 4 is 8.07 Å². The smallest absolute Gasteiger partial charge is 0.107 e. The largest absolute Gasteiger partial charge is 0.193 e. The first kappa shape index (κ1) is 14.4. The molecule has 0 aromatic heterocycles. The van der Waals surface area contributed by atoms with E-state index in [2.05, 4.69) is 47.6 Å². The van der Waals surface area contributed by atoms with Crippen LogP contribution in [0, 0.1) is 11.3 Å². The van der Waals surface area contributed by atoms with Crippen LogP contribution in [0.4, 0.5) is 0 Å². The van der Waals surface area contributed by atoms with Crippen molar-refractivity contribution in [1.82, 2.24) is 0 Å². The molecule has 0 radical (unpaired) electrons. The molecule has 0 amide bonds. The summed E-state index contributed by atoms with van der Waals surface area (Å²) in [7, 11) is -1.66. The second-order valence-electron chi connectivity index (χ2n) is 5.21. The van der Waals surface area contributed by atoms with E-state index in [1.165, 1.54) is 0 Å². The highest BCUT2D eigenvalue weighted by atomic mass is 28.3. The van der Waals surface area contributed by atoms with Crippen molar-refractivity contribution in [2.24, 2.45) is 0 Å². The maximum absolute atomic E-state index is 9.32. The third-order valence-electron chi connectivity index (χ3n) is 3.74. The molecule has 0 aromatic rings. The predicted octanol–water partition coefficient (Wildman–Crippen LogP) is 4.67. The fourth-order valence-corrected chi connectivity index (χ4v) is 9.90. The van der Waals surface area contributed by atoms with Crippen molar-refractivity contribution < 1.29 is 0 Å². The zero-order valence-corrected chi connectivity index (χ0v) is 12.3. The fourth-order valence-electron chi connectivity index (χ4n) is 3.34. The van der Waals surface area contributed by atoms with E-state index in [-0.39, 0.29) is 0 Å². The third kappa shape index (κ3) is 2.34. The van der Waals surface area contributed by atoms with Gasteiger partial charge in [0.2, 0.25) is 0 Å². The van der Waals surface area contributed by atoms with Crippen molar-refractivity contribution in [1.29, 1.82) is 5.26 Å². The van der Waals surface area contributed by atoms with Crippen LogP contribution in [0.1, 0.15) is 48.5 Å². The van der Waals surface area contributed by atoms with Gasteiger partial charge in [0.15, 0.2) is 0 Å². The zero-order chi connectivity index (χ0) is 12.2. The number of hydrogen-bond acceptors (Lipinski definition) is 1. The Hall–Kier alpha value is -0.553. The van der Waals surface area contributed by atoms with Crippen LogP contribution in [-0.4, -0.2) is 8.07 Å². The Bertz CT molecular complexity index is 247. The number of hydrogen-bond donors (Lipinski definition) is 0. The van der Waals surface area contributed by atoms with Crippen LogP contribution in [0.25, 0.3) is 0 Å². The molecule has 1 nitrogen and oxygen atoms in total. The van der Waals surface area contributed by atoms with Crippen LogP contribution in [0.2, 0.25) is 16.6 Å². The zero-order valence-electron chi connectivity index (χ0n) is 11.3. The quantitative estimate of drug-likeness (QED) is 0.502. The predicted molar refractivity (Wildman–Crippen MR) is 70.4 cm³/mol. The summed E-state index contributed by atoms with van der Waals surface area (Å²) in [4.78, 5) is 0. The third-order valence-corrected chi connectivity index (χ3v) is 10.8. The second kappa shape index (κ2) is 5.51. The highest BCUT2D eigenvalue weighted by Crippen LogP contribution is 2.45. The van der Waals surface area contributed by atoms with Gasteiger partial charge >= 0.3 is 0 Å². The van der Waals surface area contributed by atoms with Crippen molar-refractivity contribution in [3.8, 4) is 6.07 Å². The molecule has 0 saturated carbocycles. The summed E-state index contributed by atoms with van der Waals surface area (Å²) in [5.41, 5.74) is 1.88. The maximum atomic E-state index is 9.32. The molecule has 0 rings (SSSR count). The van der Waals surface area contributed by atoms with Gasteiger partial charge in [0.05, 0.1) is 6.07 Å². The molecular weight excluding hydrogens is 198 g/mol. The van der Waals surface area contributed by atoms with E-state index < -0.39 is 8.07 Å². The van der Waals surface area contributed by atoms with Crippen molar-refractivity contribution in [3.05, 3.63) is 11.3 Å². The maximum Gasteiger partial charge on any atom is 0.107 e.